The molecule has 2 aromatic rings. The highest BCUT2D eigenvalue weighted by molar-refractivity contribution is 5.88. The van der Waals surface area contributed by atoms with Gasteiger partial charge >= 0.3 is 0 Å². The lowest BCUT2D eigenvalue weighted by molar-refractivity contribution is 0.574. The molecule has 0 aromatic carbocycles. The van der Waals surface area contributed by atoms with Crippen LogP contribution in [0.15, 0.2) is 17.8 Å². The number of fused-ring (bicyclic) bond motifs is 1. The zero-order chi connectivity index (χ0) is 17.1. The summed E-state index contributed by atoms with van der Waals surface area (Å²) in [7, 11) is 1.95. The number of piperidine rings is 1. The molecule has 0 radical (unpaired) electrons. The van der Waals surface area contributed by atoms with Gasteiger partial charge in [0.25, 0.3) is 0 Å². The van der Waals surface area contributed by atoms with Crippen molar-refractivity contribution < 1.29 is 0 Å². The van der Waals surface area contributed by atoms with E-state index in [4.69, 9.17) is 9.97 Å². The van der Waals surface area contributed by atoms with E-state index in [9.17, 15) is 0 Å². The van der Waals surface area contributed by atoms with E-state index in [1.807, 2.05) is 17.9 Å². The number of nitrogens with one attached hydrogen (secondary N) is 1. The Morgan fingerprint density at radius 1 is 1.08 bits per heavy atom. The first-order valence-electron chi connectivity index (χ1n) is 9.68. The van der Waals surface area contributed by atoms with E-state index in [0.717, 1.165) is 48.9 Å². The van der Waals surface area contributed by atoms with Crippen LogP contribution in [-0.2, 0) is 7.05 Å². The van der Waals surface area contributed by atoms with Crippen LogP contribution in [0.3, 0.4) is 0 Å². The lowest BCUT2D eigenvalue weighted by Crippen LogP contribution is -2.30. The predicted octanol–water partition coefficient (Wildman–Crippen LogP) is 3.66. The fourth-order valence-electron chi connectivity index (χ4n) is 3.90. The quantitative estimate of drug-likeness (QED) is 0.842. The molecule has 4 rings (SSSR count). The normalized spacial score (nSPS) is 18.4. The van der Waals surface area contributed by atoms with Gasteiger partial charge in [0, 0.05) is 26.7 Å². The number of hydrogen-bond acceptors (Lipinski definition) is 5. The summed E-state index contributed by atoms with van der Waals surface area (Å²) in [5.41, 5.74) is 2.49. The molecule has 2 aliphatic rings. The van der Waals surface area contributed by atoms with E-state index in [0.29, 0.717) is 0 Å². The Balaban J connectivity index is 1.53. The van der Waals surface area contributed by atoms with E-state index < -0.39 is 0 Å². The molecule has 2 aromatic heterocycles. The van der Waals surface area contributed by atoms with Gasteiger partial charge in [0.1, 0.15) is 5.82 Å². The number of hydrogen-bond donors (Lipinski definition) is 1. The van der Waals surface area contributed by atoms with Gasteiger partial charge in [0.2, 0.25) is 5.95 Å². The first kappa shape index (κ1) is 16.4. The molecule has 0 spiro atoms. The highest BCUT2D eigenvalue weighted by Crippen LogP contribution is 2.27. The number of rotatable bonds is 5. The Hall–Kier alpha value is -2.11. The van der Waals surface area contributed by atoms with Gasteiger partial charge in [-0.25, -0.2) is 0 Å². The van der Waals surface area contributed by atoms with Gasteiger partial charge in [0.05, 0.1) is 11.6 Å². The average molecular weight is 340 g/mol. The highest BCUT2D eigenvalue weighted by Gasteiger charge is 2.19. The molecule has 0 saturated carbocycles. The molecule has 0 bridgehead atoms. The van der Waals surface area contributed by atoms with E-state index in [1.54, 1.807) is 5.57 Å². The molecule has 6 nitrogen and oxygen atoms in total. The van der Waals surface area contributed by atoms with Crippen LogP contribution in [0.2, 0.25) is 0 Å². The molecule has 0 unspecified atom stereocenters. The minimum absolute atomic E-state index is 0.730. The van der Waals surface area contributed by atoms with Crippen molar-refractivity contribution in [2.24, 2.45) is 7.05 Å². The zero-order valence-electron chi connectivity index (χ0n) is 15.2. The lowest BCUT2D eigenvalue weighted by Gasteiger charge is -2.28. The third kappa shape index (κ3) is 3.62. The summed E-state index contributed by atoms with van der Waals surface area (Å²) in [4.78, 5) is 11.9. The third-order valence-corrected chi connectivity index (χ3v) is 5.34. The molecular formula is C19H28N6. The number of nitrogens with zero attached hydrogens (tertiary/aromatic N) is 5. The molecule has 3 heterocycles. The first-order chi connectivity index (χ1) is 12.3. The van der Waals surface area contributed by atoms with Crippen molar-refractivity contribution in [2.75, 3.05) is 29.9 Å². The molecule has 0 atom stereocenters. The van der Waals surface area contributed by atoms with Crippen LogP contribution >= 0.6 is 0 Å². The lowest BCUT2D eigenvalue weighted by atomic mass is 9.97. The maximum atomic E-state index is 4.85. The van der Waals surface area contributed by atoms with Gasteiger partial charge in [0.15, 0.2) is 5.65 Å². The number of aryl methyl sites for hydroxylation is 1. The van der Waals surface area contributed by atoms with E-state index >= 15 is 0 Å². The summed E-state index contributed by atoms with van der Waals surface area (Å²) < 4.78 is 1.85. The van der Waals surface area contributed by atoms with E-state index in [-0.39, 0.29) is 0 Å². The van der Waals surface area contributed by atoms with E-state index in [2.05, 4.69) is 21.4 Å². The minimum atomic E-state index is 0.730. The Bertz CT molecular complexity index is 757. The topological polar surface area (TPSA) is 58.9 Å². The molecule has 1 aliphatic carbocycles. The summed E-state index contributed by atoms with van der Waals surface area (Å²) >= 11 is 0. The van der Waals surface area contributed by atoms with Crippen molar-refractivity contribution in [2.45, 2.75) is 51.4 Å². The summed E-state index contributed by atoms with van der Waals surface area (Å²) in [5, 5.41) is 8.91. The maximum absolute atomic E-state index is 4.85. The van der Waals surface area contributed by atoms with Crippen LogP contribution in [0.5, 0.6) is 0 Å². The van der Waals surface area contributed by atoms with Crippen LogP contribution in [0.4, 0.5) is 11.8 Å². The number of anilines is 2. The van der Waals surface area contributed by atoms with Crippen LogP contribution in [0.1, 0.15) is 51.4 Å². The fraction of sp³-hybridized carbons (Fsp3) is 0.632. The van der Waals surface area contributed by atoms with Crippen LogP contribution in [0.25, 0.3) is 11.0 Å². The number of aromatic nitrogens is 4. The standard InChI is InChI=1S/C19H28N6/c1-24-17-16(14-21-24)18(25-12-6-3-7-13-25)23-19(22-17)20-11-10-15-8-4-2-5-9-15/h8,14H,2-7,9-13H2,1H3,(H,20,22,23). The molecule has 1 saturated heterocycles. The largest absolute Gasteiger partial charge is 0.356 e. The molecule has 1 aliphatic heterocycles. The zero-order valence-corrected chi connectivity index (χ0v) is 15.2. The first-order valence-corrected chi connectivity index (χ1v) is 9.68. The Morgan fingerprint density at radius 2 is 1.96 bits per heavy atom. The monoisotopic (exact) mass is 340 g/mol. The second-order valence-corrected chi connectivity index (χ2v) is 7.21. The molecular weight excluding hydrogens is 312 g/mol. The van der Waals surface area contributed by atoms with Crippen molar-refractivity contribution in [3.8, 4) is 0 Å². The summed E-state index contributed by atoms with van der Waals surface area (Å²) in [5.74, 6) is 1.77. The van der Waals surface area contributed by atoms with Gasteiger partial charge in [-0.15, -0.1) is 0 Å². The molecule has 0 amide bonds. The Labute approximate surface area is 149 Å². The molecule has 6 heteroatoms. The van der Waals surface area contributed by atoms with Crippen molar-refractivity contribution in [3.63, 3.8) is 0 Å². The number of allylic oxidation sites excluding steroid dienone is 1. The average Bonchev–Trinajstić information content (AvgIpc) is 3.04. The van der Waals surface area contributed by atoms with Crippen LogP contribution in [-0.4, -0.2) is 39.4 Å². The van der Waals surface area contributed by atoms with Crippen LogP contribution < -0.4 is 10.2 Å². The summed E-state index contributed by atoms with van der Waals surface area (Å²) in [6.07, 6.45) is 14.4. The second-order valence-electron chi connectivity index (χ2n) is 7.21. The van der Waals surface area contributed by atoms with Crippen LogP contribution in [0, 0.1) is 0 Å². The Kier molecular flexibility index (Phi) is 4.85. The van der Waals surface area contributed by atoms with Crippen molar-refractivity contribution >= 4 is 22.8 Å². The fourth-order valence-corrected chi connectivity index (χ4v) is 3.90. The molecule has 1 fully saturated rings. The SMILES string of the molecule is Cn1ncc2c(N3CCCCC3)nc(NCCC3=CCCCC3)nc21. The minimum Gasteiger partial charge on any atom is -0.356 e. The maximum Gasteiger partial charge on any atom is 0.226 e. The van der Waals surface area contributed by atoms with Crippen molar-refractivity contribution in [3.05, 3.63) is 17.8 Å². The highest BCUT2D eigenvalue weighted by atomic mass is 15.3. The van der Waals surface area contributed by atoms with Gasteiger partial charge in [-0.2, -0.15) is 15.1 Å². The molecule has 25 heavy (non-hydrogen) atoms. The predicted molar refractivity (Wildman–Crippen MR) is 102 cm³/mol. The second kappa shape index (κ2) is 7.42. The third-order valence-electron chi connectivity index (χ3n) is 5.34. The summed E-state index contributed by atoms with van der Waals surface area (Å²) in [6, 6.07) is 0. The van der Waals surface area contributed by atoms with E-state index in [1.165, 1.54) is 44.9 Å². The molecule has 134 valence electrons. The van der Waals surface area contributed by atoms with Gasteiger partial charge in [-0.05, 0) is 51.4 Å². The van der Waals surface area contributed by atoms with Crippen molar-refractivity contribution in [1.82, 2.24) is 19.7 Å². The van der Waals surface area contributed by atoms with Gasteiger partial charge < -0.3 is 10.2 Å². The van der Waals surface area contributed by atoms with Gasteiger partial charge in [-0.1, -0.05) is 11.6 Å². The van der Waals surface area contributed by atoms with Gasteiger partial charge in [-0.3, -0.25) is 4.68 Å². The molecule has 1 N–H and O–H groups in total. The van der Waals surface area contributed by atoms with Crippen molar-refractivity contribution in [1.29, 1.82) is 0 Å². The smallest absolute Gasteiger partial charge is 0.226 e. The Morgan fingerprint density at radius 3 is 2.76 bits per heavy atom. The summed E-state index contributed by atoms with van der Waals surface area (Å²) in [6.45, 7) is 3.05.